The van der Waals surface area contributed by atoms with Crippen molar-refractivity contribution in [3.63, 3.8) is 0 Å². The third-order valence-electron chi connectivity index (χ3n) is 3.60. The fourth-order valence-electron chi connectivity index (χ4n) is 2.71. The van der Waals surface area contributed by atoms with Gasteiger partial charge in [-0.15, -0.1) is 0 Å². The van der Waals surface area contributed by atoms with Crippen LogP contribution in [0.3, 0.4) is 0 Å². The predicted octanol–water partition coefficient (Wildman–Crippen LogP) is 1.70. The van der Waals surface area contributed by atoms with Gasteiger partial charge in [-0.1, -0.05) is 18.2 Å². The number of benzene rings is 1. The van der Waals surface area contributed by atoms with E-state index in [4.69, 9.17) is 4.74 Å². The van der Waals surface area contributed by atoms with Crippen LogP contribution in [0.4, 0.5) is 0 Å². The first-order chi connectivity index (χ1) is 8.75. The molecule has 1 amide bonds. The number of fused-ring (bicyclic) bond motifs is 1. The molecule has 1 aromatic carbocycles. The number of ether oxygens (including phenoxy) is 1. The van der Waals surface area contributed by atoms with Crippen LogP contribution in [0.15, 0.2) is 24.3 Å². The highest BCUT2D eigenvalue weighted by molar-refractivity contribution is 6.00. The molecule has 94 valence electrons. The average Bonchev–Trinajstić information content (AvgIpc) is 2.38. The standard InChI is InChI=1S/C14H15NO3/c16-10-5-7-15(14(17)9-10)12-6-8-18-13-4-2-1-3-11(12)13/h1-4,12H,5-9H2. The Labute approximate surface area is 106 Å². The van der Waals surface area contributed by atoms with Gasteiger partial charge < -0.3 is 9.64 Å². The number of nitrogens with zero attached hydrogens (tertiary/aromatic N) is 1. The molecule has 0 radical (unpaired) electrons. The lowest BCUT2D eigenvalue weighted by Crippen LogP contribution is -2.43. The summed E-state index contributed by atoms with van der Waals surface area (Å²) >= 11 is 0. The number of amides is 1. The Kier molecular flexibility index (Phi) is 2.78. The molecule has 4 heteroatoms. The van der Waals surface area contributed by atoms with E-state index < -0.39 is 0 Å². The number of hydrogen-bond acceptors (Lipinski definition) is 3. The lowest BCUT2D eigenvalue weighted by Gasteiger charge is -2.37. The van der Waals surface area contributed by atoms with E-state index in [0.29, 0.717) is 19.6 Å². The van der Waals surface area contributed by atoms with Crippen molar-refractivity contribution in [3.05, 3.63) is 29.8 Å². The molecule has 3 rings (SSSR count). The van der Waals surface area contributed by atoms with Crippen molar-refractivity contribution in [2.45, 2.75) is 25.3 Å². The molecule has 1 fully saturated rings. The summed E-state index contributed by atoms with van der Waals surface area (Å²) in [6.07, 6.45) is 1.34. The van der Waals surface area contributed by atoms with Gasteiger partial charge in [0.05, 0.1) is 19.1 Å². The summed E-state index contributed by atoms with van der Waals surface area (Å²) in [5.41, 5.74) is 1.06. The molecule has 2 heterocycles. The van der Waals surface area contributed by atoms with E-state index >= 15 is 0 Å². The van der Waals surface area contributed by atoms with Crippen LogP contribution in [0, 0.1) is 0 Å². The third-order valence-corrected chi connectivity index (χ3v) is 3.60. The maximum Gasteiger partial charge on any atom is 0.230 e. The molecule has 1 aromatic rings. The van der Waals surface area contributed by atoms with Gasteiger partial charge in [0.2, 0.25) is 5.91 Å². The molecule has 0 spiro atoms. The van der Waals surface area contributed by atoms with Crippen molar-refractivity contribution in [2.24, 2.45) is 0 Å². The smallest absolute Gasteiger partial charge is 0.230 e. The highest BCUT2D eigenvalue weighted by atomic mass is 16.5. The number of ketones is 1. The molecular formula is C14H15NO3. The summed E-state index contributed by atoms with van der Waals surface area (Å²) in [7, 11) is 0. The van der Waals surface area contributed by atoms with Crippen LogP contribution in [0.25, 0.3) is 0 Å². The number of carbonyl (C=O) groups excluding carboxylic acids is 2. The highest BCUT2D eigenvalue weighted by Gasteiger charge is 2.33. The third kappa shape index (κ3) is 1.88. The van der Waals surface area contributed by atoms with E-state index in [2.05, 4.69) is 0 Å². The van der Waals surface area contributed by atoms with Gasteiger partial charge in [-0.3, -0.25) is 9.59 Å². The number of Topliss-reactive ketones (excluding diaryl/α,β-unsaturated/α-hetero) is 1. The first kappa shape index (κ1) is 11.3. The van der Waals surface area contributed by atoms with Gasteiger partial charge in [0.15, 0.2) is 0 Å². The van der Waals surface area contributed by atoms with Gasteiger partial charge in [-0.25, -0.2) is 0 Å². The molecule has 0 aliphatic carbocycles. The molecule has 0 N–H and O–H groups in total. The van der Waals surface area contributed by atoms with Gasteiger partial charge in [0.25, 0.3) is 0 Å². The Balaban J connectivity index is 1.89. The van der Waals surface area contributed by atoms with Gasteiger partial charge in [0.1, 0.15) is 11.5 Å². The summed E-state index contributed by atoms with van der Waals surface area (Å²) in [6.45, 7) is 1.16. The monoisotopic (exact) mass is 245 g/mol. The van der Waals surface area contributed by atoms with E-state index in [0.717, 1.165) is 17.7 Å². The van der Waals surface area contributed by atoms with Crippen LogP contribution in [0.2, 0.25) is 0 Å². The minimum absolute atomic E-state index is 0.0482. The minimum atomic E-state index is -0.0482. The van der Waals surface area contributed by atoms with Crippen molar-refractivity contribution in [2.75, 3.05) is 13.2 Å². The molecule has 1 unspecified atom stereocenters. The molecule has 2 aliphatic heterocycles. The summed E-state index contributed by atoms with van der Waals surface area (Å²) in [5, 5.41) is 0. The average molecular weight is 245 g/mol. The normalized spacial score (nSPS) is 23.6. The number of likely N-dealkylation sites (tertiary alicyclic amines) is 1. The Morgan fingerprint density at radius 2 is 2.06 bits per heavy atom. The summed E-state index contributed by atoms with van der Waals surface area (Å²) in [4.78, 5) is 25.1. The first-order valence-corrected chi connectivity index (χ1v) is 6.28. The molecule has 0 saturated carbocycles. The van der Waals surface area contributed by atoms with E-state index in [-0.39, 0.29) is 24.2 Å². The Hall–Kier alpha value is -1.84. The fraction of sp³-hybridized carbons (Fsp3) is 0.429. The Morgan fingerprint density at radius 1 is 1.22 bits per heavy atom. The maximum absolute atomic E-state index is 12.0. The van der Waals surface area contributed by atoms with Crippen molar-refractivity contribution in [1.82, 2.24) is 4.90 Å². The number of para-hydroxylation sites is 1. The quantitative estimate of drug-likeness (QED) is 0.707. The summed E-state index contributed by atoms with van der Waals surface area (Å²) in [6, 6.07) is 7.89. The van der Waals surface area contributed by atoms with Crippen molar-refractivity contribution < 1.29 is 14.3 Å². The van der Waals surface area contributed by atoms with Crippen LogP contribution >= 0.6 is 0 Å². The zero-order chi connectivity index (χ0) is 12.5. The number of carbonyl (C=O) groups is 2. The number of piperidine rings is 1. The molecule has 0 bridgehead atoms. The zero-order valence-corrected chi connectivity index (χ0v) is 10.1. The minimum Gasteiger partial charge on any atom is -0.493 e. The Bertz CT molecular complexity index is 498. The highest BCUT2D eigenvalue weighted by Crippen LogP contribution is 2.36. The second-order valence-electron chi connectivity index (χ2n) is 4.74. The lowest BCUT2D eigenvalue weighted by atomic mass is 9.96. The SMILES string of the molecule is O=C1CCN(C2CCOc3ccccc32)C(=O)C1. The summed E-state index contributed by atoms with van der Waals surface area (Å²) < 4.78 is 5.60. The fourth-order valence-corrected chi connectivity index (χ4v) is 2.71. The molecule has 1 saturated heterocycles. The van der Waals surface area contributed by atoms with Crippen molar-refractivity contribution >= 4 is 11.7 Å². The molecule has 18 heavy (non-hydrogen) atoms. The van der Waals surface area contributed by atoms with Gasteiger partial charge >= 0.3 is 0 Å². The van der Waals surface area contributed by atoms with Crippen LogP contribution in [-0.2, 0) is 9.59 Å². The van der Waals surface area contributed by atoms with Crippen molar-refractivity contribution in [1.29, 1.82) is 0 Å². The molecular weight excluding hydrogens is 230 g/mol. The van der Waals surface area contributed by atoms with E-state index in [9.17, 15) is 9.59 Å². The zero-order valence-electron chi connectivity index (χ0n) is 10.1. The summed E-state index contributed by atoms with van der Waals surface area (Å²) in [5.74, 6) is 0.864. The largest absolute Gasteiger partial charge is 0.493 e. The number of hydrogen-bond donors (Lipinski definition) is 0. The van der Waals surface area contributed by atoms with E-state index in [1.165, 1.54) is 0 Å². The van der Waals surface area contributed by atoms with Crippen molar-refractivity contribution in [3.8, 4) is 5.75 Å². The maximum atomic E-state index is 12.0. The van der Waals surface area contributed by atoms with Gasteiger partial charge in [-0.05, 0) is 6.07 Å². The second-order valence-corrected chi connectivity index (χ2v) is 4.74. The topological polar surface area (TPSA) is 46.6 Å². The second kappa shape index (κ2) is 4.44. The predicted molar refractivity (Wildman–Crippen MR) is 65.2 cm³/mol. The van der Waals surface area contributed by atoms with Crippen LogP contribution < -0.4 is 4.74 Å². The van der Waals surface area contributed by atoms with Crippen LogP contribution in [0.1, 0.15) is 30.9 Å². The molecule has 1 atom stereocenters. The molecule has 2 aliphatic rings. The van der Waals surface area contributed by atoms with Gasteiger partial charge in [-0.2, -0.15) is 0 Å². The van der Waals surface area contributed by atoms with Gasteiger partial charge in [0, 0.05) is 24.9 Å². The van der Waals surface area contributed by atoms with E-state index in [1.54, 1.807) is 0 Å². The lowest BCUT2D eigenvalue weighted by molar-refractivity contribution is -0.142. The Morgan fingerprint density at radius 3 is 2.89 bits per heavy atom. The van der Waals surface area contributed by atoms with E-state index in [1.807, 2.05) is 29.2 Å². The first-order valence-electron chi connectivity index (χ1n) is 6.28. The van der Waals surface area contributed by atoms with Crippen LogP contribution in [0.5, 0.6) is 5.75 Å². The van der Waals surface area contributed by atoms with Crippen LogP contribution in [-0.4, -0.2) is 29.7 Å². The molecule has 0 aromatic heterocycles. The molecule has 4 nitrogen and oxygen atoms in total. The number of rotatable bonds is 1.